The van der Waals surface area contributed by atoms with Crippen molar-refractivity contribution in [3.05, 3.63) is 0 Å². The van der Waals surface area contributed by atoms with Gasteiger partial charge in [0.15, 0.2) is 0 Å². The largest absolute Gasteiger partial charge is 0.480 e. The second-order valence-electron chi connectivity index (χ2n) is 2.89. The summed E-state index contributed by atoms with van der Waals surface area (Å²) in [7, 11) is 0. The molecule has 0 radical (unpaired) electrons. The van der Waals surface area contributed by atoms with E-state index in [2.05, 4.69) is 5.32 Å². The molecular formula is C9H18N2O3. The normalized spacial score (nSPS) is 9.86. The first-order chi connectivity index (χ1) is 6.61. The molecule has 1 amide bonds. The second-order valence-corrected chi connectivity index (χ2v) is 2.89. The van der Waals surface area contributed by atoms with Crippen molar-refractivity contribution in [2.24, 2.45) is 0 Å². The number of aliphatic carboxylic acids is 1. The van der Waals surface area contributed by atoms with E-state index in [1.807, 2.05) is 13.8 Å². The average molecular weight is 202 g/mol. The van der Waals surface area contributed by atoms with Crippen molar-refractivity contribution in [3.8, 4) is 0 Å². The SMILES string of the molecule is CCN(CC)C(=O)CCNCC(=O)O. The predicted molar refractivity (Wildman–Crippen MR) is 53.1 cm³/mol. The maximum absolute atomic E-state index is 11.4. The van der Waals surface area contributed by atoms with E-state index < -0.39 is 5.97 Å². The summed E-state index contributed by atoms with van der Waals surface area (Å²) in [5.41, 5.74) is 0. The van der Waals surface area contributed by atoms with E-state index in [-0.39, 0.29) is 12.5 Å². The standard InChI is InChI=1S/C9H18N2O3/c1-3-11(4-2)8(12)5-6-10-7-9(13)14/h10H,3-7H2,1-2H3,(H,13,14). The second kappa shape index (κ2) is 7.32. The fourth-order valence-corrected chi connectivity index (χ4v) is 1.13. The molecule has 0 atom stereocenters. The van der Waals surface area contributed by atoms with Crippen LogP contribution in [-0.2, 0) is 9.59 Å². The van der Waals surface area contributed by atoms with Crippen LogP contribution in [0, 0.1) is 0 Å². The Balaban J connectivity index is 3.57. The molecule has 0 aliphatic carbocycles. The summed E-state index contributed by atoms with van der Waals surface area (Å²) < 4.78 is 0. The third-order valence-electron chi connectivity index (χ3n) is 1.91. The zero-order valence-electron chi connectivity index (χ0n) is 8.75. The van der Waals surface area contributed by atoms with Crippen LogP contribution in [-0.4, -0.2) is 48.1 Å². The van der Waals surface area contributed by atoms with Gasteiger partial charge in [-0.3, -0.25) is 9.59 Å². The molecule has 2 N–H and O–H groups in total. The number of carbonyl (C=O) groups is 2. The molecule has 0 aromatic heterocycles. The summed E-state index contributed by atoms with van der Waals surface area (Å²) in [6.45, 7) is 5.58. The van der Waals surface area contributed by atoms with Gasteiger partial charge in [0.25, 0.3) is 0 Å². The first-order valence-corrected chi connectivity index (χ1v) is 4.82. The van der Waals surface area contributed by atoms with E-state index in [1.54, 1.807) is 4.90 Å². The van der Waals surface area contributed by atoms with Crippen molar-refractivity contribution in [2.75, 3.05) is 26.2 Å². The van der Waals surface area contributed by atoms with Gasteiger partial charge in [-0.2, -0.15) is 0 Å². The van der Waals surface area contributed by atoms with Gasteiger partial charge in [-0.1, -0.05) is 0 Å². The van der Waals surface area contributed by atoms with E-state index in [1.165, 1.54) is 0 Å². The molecule has 0 saturated carbocycles. The summed E-state index contributed by atoms with van der Waals surface area (Å²) >= 11 is 0. The summed E-state index contributed by atoms with van der Waals surface area (Å²) in [6.07, 6.45) is 0.356. The van der Waals surface area contributed by atoms with Crippen LogP contribution in [0.1, 0.15) is 20.3 Å². The number of carboxylic acid groups (broad SMARTS) is 1. The van der Waals surface area contributed by atoms with E-state index >= 15 is 0 Å². The first kappa shape index (κ1) is 12.9. The molecule has 5 nitrogen and oxygen atoms in total. The third kappa shape index (κ3) is 5.53. The maximum atomic E-state index is 11.4. The predicted octanol–water partition coefficient (Wildman–Crippen LogP) is -0.0809. The molecule has 5 heteroatoms. The Kier molecular flexibility index (Phi) is 6.74. The Morgan fingerprint density at radius 1 is 1.29 bits per heavy atom. The molecule has 0 unspecified atom stereocenters. The Morgan fingerprint density at radius 3 is 2.29 bits per heavy atom. The van der Waals surface area contributed by atoms with Gasteiger partial charge < -0.3 is 15.3 Å². The van der Waals surface area contributed by atoms with Crippen molar-refractivity contribution in [2.45, 2.75) is 20.3 Å². The molecule has 0 aromatic rings. The number of amides is 1. The number of nitrogens with one attached hydrogen (secondary N) is 1. The van der Waals surface area contributed by atoms with Gasteiger partial charge in [-0.05, 0) is 13.8 Å². The van der Waals surface area contributed by atoms with Crippen LogP contribution >= 0.6 is 0 Å². The lowest BCUT2D eigenvalue weighted by Gasteiger charge is -2.18. The van der Waals surface area contributed by atoms with Gasteiger partial charge in [0.2, 0.25) is 5.91 Å². The van der Waals surface area contributed by atoms with Crippen LogP contribution in [0.3, 0.4) is 0 Å². The molecule has 0 aliphatic heterocycles. The minimum Gasteiger partial charge on any atom is -0.480 e. The number of hydrogen-bond donors (Lipinski definition) is 2. The molecular weight excluding hydrogens is 184 g/mol. The van der Waals surface area contributed by atoms with E-state index in [0.717, 1.165) is 0 Å². The molecule has 0 rings (SSSR count). The molecule has 0 spiro atoms. The van der Waals surface area contributed by atoms with Gasteiger partial charge in [0.1, 0.15) is 0 Å². The lowest BCUT2D eigenvalue weighted by atomic mass is 10.3. The van der Waals surface area contributed by atoms with Crippen LogP contribution in [0.25, 0.3) is 0 Å². The van der Waals surface area contributed by atoms with Crippen molar-refractivity contribution in [1.29, 1.82) is 0 Å². The molecule has 0 aliphatic rings. The van der Waals surface area contributed by atoms with Crippen molar-refractivity contribution in [1.82, 2.24) is 10.2 Å². The van der Waals surface area contributed by atoms with Gasteiger partial charge in [-0.25, -0.2) is 0 Å². The van der Waals surface area contributed by atoms with E-state index in [4.69, 9.17) is 5.11 Å². The van der Waals surface area contributed by atoms with Gasteiger partial charge in [-0.15, -0.1) is 0 Å². The van der Waals surface area contributed by atoms with E-state index in [9.17, 15) is 9.59 Å². The molecule has 14 heavy (non-hydrogen) atoms. The van der Waals surface area contributed by atoms with E-state index in [0.29, 0.717) is 26.1 Å². The number of hydrogen-bond acceptors (Lipinski definition) is 3. The molecule has 0 aromatic carbocycles. The lowest BCUT2D eigenvalue weighted by molar-refractivity contribution is -0.136. The zero-order valence-corrected chi connectivity index (χ0v) is 8.75. The fraction of sp³-hybridized carbons (Fsp3) is 0.778. The third-order valence-corrected chi connectivity index (χ3v) is 1.91. The Bertz CT molecular complexity index is 190. The molecule has 0 bridgehead atoms. The average Bonchev–Trinajstić information content (AvgIpc) is 2.14. The van der Waals surface area contributed by atoms with Gasteiger partial charge >= 0.3 is 5.97 Å². The van der Waals surface area contributed by atoms with Crippen LogP contribution in [0.5, 0.6) is 0 Å². The number of rotatable bonds is 7. The number of carbonyl (C=O) groups excluding carboxylic acids is 1. The fourth-order valence-electron chi connectivity index (χ4n) is 1.13. The number of nitrogens with zero attached hydrogens (tertiary/aromatic N) is 1. The van der Waals surface area contributed by atoms with Crippen LogP contribution < -0.4 is 5.32 Å². The first-order valence-electron chi connectivity index (χ1n) is 4.82. The Morgan fingerprint density at radius 2 is 1.86 bits per heavy atom. The molecule has 82 valence electrons. The van der Waals surface area contributed by atoms with Crippen molar-refractivity contribution >= 4 is 11.9 Å². The highest BCUT2D eigenvalue weighted by molar-refractivity contribution is 5.76. The van der Waals surface area contributed by atoms with Crippen molar-refractivity contribution in [3.63, 3.8) is 0 Å². The highest BCUT2D eigenvalue weighted by Gasteiger charge is 2.08. The summed E-state index contributed by atoms with van der Waals surface area (Å²) in [5, 5.41) is 11.0. The lowest BCUT2D eigenvalue weighted by Crippen LogP contribution is -2.33. The monoisotopic (exact) mass is 202 g/mol. The molecule has 0 fully saturated rings. The summed E-state index contributed by atoms with van der Waals surface area (Å²) in [6, 6.07) is 0. The molecule has 0 heterocycles. The van der Waals surface area contributed by atoms with Gasteiger partial charge in [0, 0.05) is 26.1 Å². The minimum absolute atomic E-state index is 0.0629. The summed E-state index contributed by atoms with van der Waals surface area (Å²) in [4.78, 5) is 23.2. The topological polar surface area (TPSA) is 69.6 Å². The summed E-state index contributed by atoms with van der Waals surface area (Å²) in [5.74, 6) is -0.840. The van der Waals surface area contributed by atoms with Crippen LogP contribution in [0.15, 0.2) is 0 Å². The zero-order chi connectivity index (χ0) is 11.0. The minimum atomic E-state index is -0.903. The Labute approximate surface area is 84.1 Å². The molecule has 0 saturated heterocycles. The van der Waals surface area contributed by atoms with Gasteiger partial charge in [0.05, 0.1) is 6.54 Å². The smallest absolute Gasteiger partial charge is 0.317 e. The van der Waals surface area contributed by atoms with Crippen LogP contribution in [0.4, 0.5) is 0 Å². The Hall–Kier alpha value is -1.10. The van der Waals surface area contributed by atoms with Crippen molar-refractivity contribution < 1.29 is 14.7 Å². The number of carboxylic acids is 1. The van der Waals surface area contributed by atoms with Crippen LogP contribution in [0.2, 0.25) is 0 Å². The quantitative estimate of drug-likeness (QED) is 0.566. The maximum Gasteiger partial charge on any atom is 0.317 e. The highest BCUT2D eigenvalue weighted by Crippen LogP contribution is 1.92. The highest BCUT2D eigenvalue weighted by atomic mass is 16.4.